The Labute approximate surface area is 143 Å². The molecule has 3 heterocycles. The Kier molecular flexibility index (Phi) is 5.18. The lowest BCUT2D eigenvalue weighted by molar-refractivity contribution is -0.131. The number of carbonyl (C=O) groups excluding carboxylic acids is 1. The number of nitrogens with one attached hydrogen (secondary N) is 1. The van der Waals surface area contributed by atoms with Gasteiger partial charge in [-0.2, -0.15) is 4.98 Å². The Morgan fingerprint density at radius 2 is 2.00 bits per heavy atom. The highest BCUT2D eigenvalue weighted by Gasteiger charge is 2.24. The van der Waals surface area contributed by atoms with Gasteiger partial charge in [-0.25, -0.2) is 4.98 Å². The lowest BCUT2D eigenvalue weighted by atomic mass is 10.1. The third-order valence-corrected chi connectivity index (χ3v) is 4.53. The van der Waals surface area contributed by atoms with Gasteiger partial charge >= 0.3 is 0 Å². The van der Waals surface area contributed by atoms with Crippen molar-refractivity contribution < 1.29 is 9.53 Å². The average molecular weight is 333 g/mol. The van der Waals surface area contributed by atoms with Gasteiger partial charge in [0.1, 0.15) is 5.82 Å². The summed E-state index contributed by atoms with van der Waals surface area (Å²) in [6.07, 6.45) is 0.566. The van der Waals surface area contributed by atoms with Crippen molar-refractivity contribution in [2.75, 3.05) is 49.6 Å². The number of hydrogen-bond acceptors (Lipinski definition) is 6. The fourth-order valence-corrected chi connectivity index (χ4v) is 2.87. The van der Waals surface area contributed by atoms with Crippen molar-refractivity contribution in [1.29, 1.82) is 0 Å². The van der Waals surface area contributed by atoms with Crippen molar-refractivity contribution in [3.05, 3.63) is 11.8 Å². The third kappa shape index (κ3) is 3.77. The van der Waals surface area contributed by atoms with Crippen molar-refractivity contribution in [2.24, 2.45) is 0 Å². The zero-order valence-corrected chi connectivity index (χ0v) is 14.8. The van der Waals surface area contributed by atoms with Crippen molar-refractivity contribution in [1.82, 2.24) is 14.9 Å². The van der Waals surface area contributed by atoms with Crippen LogP contribution in [0.5, 0.6) is 0 Å². The minimum atomic E-state index is 0.221. The number of rotatable bonds is 5. The van der Waals surface area contributed by atoms with E-state index < -0.39 is 0 Å². The van der Waals surface area contributed by atoms with Crippen LogP contribution in [-0.2, 0) is 9.53 Å². The molecule has 3 rings (SSSR count). The van der Waals surface area contributed by atoms with Gasteiger partial charge in [0, 0.05) is 38.7 Å². The summed E-state index contributed by atoms with van der Waals surface area (Å²) in [6, 6.07) is 2.37. The van der Waals surface area contributed by atoms with Gasteiger partial charge < -0.3 is 19.9 Å². The maximum atomic E-state index is 11.8. The fourth-order valence-electron chi connectivity index (χ4n) is 2.87. The van der Waals surface area contributed by atoms with Crippen LogP contribution in [-0.4, -0.2) is 66.2 Å². The van der Waals surface area contributed by atoms with E-state index in [9.17, 15) is 4.79 Å². The molecule has 1 N–H and O–H groups in total. The van der Waals surface area contributed by atoms with Crippen LogP contribution in [0.1, 0.15) is 38.8 Å². The summed E-state index contributed by atoms with van der Waals surface area (Å²) in [6.45, 7) is 10.7. The Morgan fingerprint density at radius 1 is 1.29 bits per heavy atom. The first-order chi connectivity index (χ1) is 11.6. The molecule has 2 fully saturated rings. The van der Waals surface area contributed by atoms with Gasteiger partial charge in [0.25, 0.3) is 0 Å². The smallest absolute Gasteiger partial charge is 0.227 e. The Balaban J connectivity index is 1.73. The Hall–Kier alpha value is -1.89. The number of carbonyl (C=O) groups is 1. The first-order valence-electron chi connectivity index (χ1n) is 8.82. The zero-order valence-electron chi connectivity index (χ0n) is 14.8. The Bertz CT molecular complexity index is 580. The van der Waals surface area contributed by atoms with Crippen molar-refractivity contribution in [3.63, 3.8) is 0 Å². The van der Waals surface area contributed by atoms with Gasteiger partial charge in [-0.15, -0.1) is 0 Å². The normalized spacial score (nSPS) is 18.7. The summed E-state index contributed by atoms with van der Waals surface area (Å²) >= 11 is 0. The summed E-state index contributed by atoms with van der Waals surface area (Å²) < 4.78 is 5.22. The molecule has 2 aliphatic rings. The molecule has 24 heavy (non-hydrogen) atoms. The molecular formula is C17H27N5O2. The van der Waals surface area contributed by atoms with E-state index in [-0.39, 0.29) is 5.91 Å². The topological polar surface area (TPSA) is 70.6 Å². The Morgan fingerprint density at radius 3 is 2.54 bits per heavy atom. The molecule has 7 heteroatoms. The number of hydrogen-bond donors (Lipinski definition) is 1. The van der Waals surface area contributed by atoms with Crippen molar-refractivity contribution >= 4 is 17.7 Å². The molecule has 0 radical (unpaired) electrons. The van der Waals surface area contributed by atoms with E-state index in [1.165, 1.54) is 0 Å². The molecule has 0 unspecified atom stereocenters. The number of aromatic nitrogens is 2. The summed E-state index contributed by atoms with van der Waals surface area (Å²) in [7, 11) is 0. The highest BCUT2D eigenvalue weighted by Crippen LogP contribution is 2.22. The standard InChI is InChI=1S/C17H27N5O2/c1-4-16(23)21-5-7-22(8-6-21)17-19-14(12(2)3)9-15(20-17)18-13-10-24-11-13/h9,12-13H,4-8,10-11H2,1-3H3,(H,18,19,20). The van der Waals surface area contributed by atoms with Crippen LogP contribution in [0.15, 0.2) is 6.07 Å². The van der Waals surface area contributed by atoms with Crippen LogP contribution in [0.25, 0.3) is 0 Å². The molecule has 1 aromatic heterocycles. The summed E-state index contributed by atoms with van der Waals surface area (Å²) in [5.74, 6) is 2.18. The van der Waals surface area contributed by atoms with Gasteiger partial charge in [0.2, 0.25) is 11.9 Å². The molecule has 0 atom stereocenters. The SMILES string of the molecule is CCC(=O)N1CCN(c2nc(NC3COC3)cc(C(C)C)n2)CC1. The third-order valence-electron chi connectivity index (χ3n) is 4.53. The fraction of sp³-hybridized carbons (Fsp3) is 0.706. The van der Waals surface area contributed by atoms with Crippen LogP contribution in [0, 0.1) is 0 Å². The van der Waals surface area contributed by atoms with E-state index in [1.807, 2.05) is 17.9 Å². The van der Waals surface area contributed by atoms with Crippen LogP contribution < -0.4 is 10.2 Å². The molecular weight excluding hydrogens is 306 g/mol. The number of ether oxygens (including phenoxy) is 1. The van der Waals surface area contributed by atoms with E-state index >= 15 is 0 Å². The van der Waals surface area contributed by atoms with E-state index in [2.05, 4.69) is 24.1 Å². The first-order valence-corrected chi connectivity index (χ1v) is 8.82. The number of piperazine rings is 1. The zero-order chi connectivity index (χ0) is 17.1. The van der Waals surface area contributed by atoms with Gasteiger partial charge in [-0.05, 0) is 5.92 Å². The molecule has 7 nitrogen and oxygen atoms in total. The molecule has 132 valence electrons. The summed E-state index contributed by atoms with van der Waals surface area (Å²) in [4.78, 5) is 25.4. The summed E-state index contributed by atoms with van der Waals surface area (Å²) in [5.41, 5.74) is 1.04. The van der Waals surface area contributed by atoms with E-state index in [0.717, 1.165) is 56.9 Å². The van der Waals surface area contributed by atoms with Crippen LogP contribution >= 0.6 is 0 Å². The van der Waals surface area contributed by atoms with E-state index in [1.54, 1.807) is 0 Å². The molecule has 0 bridgehead atoms. The van der Waals surface area contributed by atoms with E-state index in [0.29, 0.717) is 18.4 Å². The largest absolute Gasteiger partial charge is 0.377 e. The molecule has 2 aliphatic heterocycles. The predicted molar refractivity (Wildman–Crippen MR) is 93.4 cm³/mol. The maximum Gasteiger partial charge on any atom is 0.227 e. The van der Waals surface area contributed by atoms with Gasteiger partial charge in [-0.3, -0.25) is 4.79 Å². The summed E-state index contributed by atoms with van der Waals surface area (Å²) in [5, 5.41) is 3.42. The van der Waals surface area contributed by atoms with Gasteiger partial charge in [0.05, 0.1) is 24.9 Å². The quantitative estimate of drug-likeness (QED) is 0.880. The van der Waals surface area contributed by atoms with Crippen LogP contribution in [0.3, 0.4) is 0 Å². The monoisotopic (exact) mass is 333 g/mol. The van der Waals surface area contributed by atoms with Crippen molar-refractivity contribution in [3.8, 4) is 0 Å². The number of nitrogens with zero attached hydrogens (tertiary/aromatic N) is 4. The lowest BCUT2D eigenvalue weighted by Crippen LogP contribution is -2.49. The van der Waals surface area contributed by atoms with Gasteiger partial charge in [0.15, 0.2) is 0 Å². The van der Waals surface area contributed by atoms with Crippen molar-refractivity contribution in [2.45, 2.75) is 39.2 Å². The molecule has 1 aromatic rings. The molecule has 2 saturated heterocycles. The second kappa shape index (κ2) is 7.34. The highest BCUT2D eigenvalue weighted by molar-refractivity contribution is 5.76. The number of anilines is 2. The highest BCUT2D eigenvalue weighted by atomic mass is 16.5. The maximum absolute atomic E-state index is 11.8. The first kappa shape index (κ1) is 17.0. The average Bonchev–Trinajstić information content (AvgIpc) is 2.57. The molecule has 0 spiro atoms. The second-order valence-electron chi connectivity index (χ2n) is 6.73. The molecule has 0 saturated carbocycles. The minimum Gasteiger partial charge on any atom is -0.377 e. The van der Waals surface area contributed by atoms with Crippen LogP contribution in [0.4, 0.5) is 11.8 Å². The van der Waals surface area contributed by atoms with Crippen LogP contribution in [0.2, 0.25) is 0 Å². The van der Waals surface area contributed by atoms with Gasteiger partial charge in [-0.1, -0.05) is 20.8 Å². The second-order valence-corrected chi connectivity index (χ2v) is 6.73. The molecule has 1 amide bonds. The molecule has 0 aliphatic carbocycles. The number of amides is 1. The minimum absolute atomic E-state index is 0.221. The lowest BCUT2D eigenvalue weighted by Gasteiger charge is -2.35. The van der Waals surface area contributed by atoms with E-state index in [4.69, 9.17) is 14.7 Å². The molecule has 0 aromatic carbocycles. The predicted octanol–water partition coefficient (Wildman–Crippen LogP) is 1.47.